The van der Waals surface area contributed by atoms with Crippen molar-refractivity contribution in [2.45, 2.75) is 18.6 Å². The molecular weight excluding hydrogens is 218 g/mol. The van der Waals surface area contributed by atoms with Crippen LogP contribution in [0.4, 0.5) is 0 Å². The summed E-state index contributed by atoms with van der Waals surface area (Å²) in [5, 5.41) is 11.5. The number of hydrogen-bond donors (Lipinski definition) is 3. The molecule has 2 atom stereocenters. The van der Waals surface area contributed by atoms with Crippen molar-refractivity contribution >= 4 is 18.3 Å². The van der Waals surface area contributed by atoms with Crippen molar-refractivity contribution in [2.75, 3.05) is 13.1 Å². The lowest BCUT2D eigenvalue weighted by molar-refractivity contribution is -0.144. The Labute approximate surface area is 91.3 Å². The molecule has 2 unspecified atom stereocenters. The molecule has 0 spiro atoms. The van der Waals surface area contributed by atoms with Gasteiger partial charge in [-0.15, -0.1) is 0 Å². The zero-order valence-corrected chi connectivity index (χ0v) is 8.46. The molecule has 8 nitrogen and oxygen atoms in total. The van der Waals surface area contributed by atoms with Gasteiger partial charge in [-0.05, 0) is 0 Å². The van der Waals surface area contributed by atoms with E-state index in [1.807, 2.05) is 0 Å². The Bertz CT molecular complexity index is 295. The van der Waals surface area contributed by atoms with Crippen molar-refractivity contribution in [3.63, 3.8) is 0 Å². The summed E-state index contributed by atoms with van der Waals surface area (Å²) in [5.74, 6) is 3.27. The molecule has 1 aliphatic heterocycles. The van der Waals surface area contributed by atoms with Crippen LogP contribution in [0.25, 0.3) is 0 Å². The molecule has 16 heavy (non-hydrogen) atoms. The summed E-state index contributed by atoms with van der Waals surface area (Å²) in [6.07, 6.45) is -0.0772. The molecule has 90 valence electrons. The number of β-amino-alcohol motifs (C(OH)–C–C–N with tert-alkyl or cyclic N) is 1. The van der Waals surface area contributed by atoms with Crippen LogP contribution in [0.3, 0.4) is 0 Å². The van der Waals surface area contributed by atoms with E-state index in [0.717, 1.165) is 0 Å². The second kappa shape index (κ2) is 5.42. The number of carbonyl (C=O) groups excluding carboxylic acids is 3. The van der Waals surface area contributed by atoms with Crippen LogP contribution in [0, 0.1) is 0 Å². The molecule has 0 radical (unpaired) electrons. The van der Waals surface area contributed by atoms with Crippen LogP contribution in [-0.4, -0.2) is 53.5 Å². The van der Waals surface area contributed by atoms with E-state index in [9.17, 15) is 19.5 Å². The Balaban J connectivity index is 2.47. The Kier molecular flexibility index (Phi) is 4.20. The van der Waals surface area contributed by atoms with E-state index in [1.54, 1.807) is 0 Å². The predicted octanol–water partition coefficient (Wildman–Crippen LogP) is -2.89. The first kappa shape index (κ1) is 12.4. The molecule has 0 aromatic carbocycles. The number of carbonyl (C=O) groups is 3. The highest BCUT2D eigenvalue weighted by molar-refractivity contribution is 5.87. The average Bonchev–Trinajstić information content (AvgIpc) is 2.66. The lowest BCUT2D eigenvalue weighted by Gasteiger charge is -2.18. The number of nitrogens with one attached hydrogen (secondary N) is 1. The summed E-state index contributed by atoms with van der Waals surface area (Å²) in [6, 6.07) is -0.752. The number of nitrogens with zero attached hydrogens (tertiary/aromatic N) is 1. The number of nitrogens with two attached hydrogens (primary N) is 1. The summed E-state index contributed by atoms with van der Waals surface area (Å²) in [6.45, 7) is -0.252. The van der Waals surface area contributed by atoms with Crippen LogP contribution < -0.4 is 11.2 Å². The minimum Gasteiger partial charge on any atom is -0.391 e. The monoisotopic (exact) mass is 231 g/mol. The Morgan fingerprint density at radius 2 is 2.31 bits per heavy atom. The minimum atomic E-state index is -0.787. The normalized spacial score (nSPS) is 24.0. The van der Waals surface area contributed by atoms with Gasteiger partial charge >= 0.3 is 5.97 Å². The van der Waals surface area contributed by atoms with E-state index in [1.165, 1.54) is 4.90 Å². The Morgan fingerprint density at radius 3 is 2.88 bits per heavy atom. The highest BCUT2D eigenvalue weighted by atomic mass is 16.7. The lowest BCUT2D eigenvalue weighted by Crippen LogP contribution is -2.44. The first-order valence-electron chi connectivity index (χ1n) is 4.65. The van der Waals surface area contributed by atoms with Crippen LogP contribution in [0.15, 0.2) is 0 Å². The van der Waals surface area contributed by atoms with E-state index in [-0.39, 0.29) is 19.5 Å². The van der Waals surface area contributed by atoms with Crippen LogP contribution in [0.1, 0.15) is 6.42 Å². The van der Waals surface area contributed by atoms with Gasteiger partial charge < -0.3 is 20.2 Å². The molecular formula is C8H13N3O5. The Hall–Kier alpha value is -1.67. The van der Waals surface area contributed by atoms with Gasteiger partial charge in [0.15, 0.2) is 0 Å². The third-order valence-corrected chi connectivity index (χ3v) is 2.29. The number of aliphatic hydroxyl groups excluding tert-OH is 1. The lowest BCUT2D eigenvalue weighted by atomic mass is 10.2. The molecule has 0 aromatic rings. The molecule has 8 heteroatoms. The molecule has 1 aliphatic rings. The third kappa shape index (κ3) is 2.91. The molecule has 1 saturated heterocycles. The summed E-state index contributed by atoms with van der Waals surface area (Å²) in [7, 11) is 0. The maximum atomic E-state index is 11.5. The van der Waals surface area contributed by atoms with Gasteiger partial charge in [0.05, 0.1) is 6.10 Å². The number of aliphatic hydroxyl groups is 1. The fourth-order valence-electron chi connectivity index (χ4n) is 1.53. The topological polar surface area (TPSA) is 122 Å². The van der Waals surface area contributed by atoms with Gasteiger partial charge in [-0.2, -0.15) is 5.90 Å². The van der Waals surface area contributed by atoms with Crippen LogP contribution in [0.5, 0.6) is 0 Å². The molecule has 0 saturated carbocycles. The van der Waals surface area contributed by atoms with E-state index < -0.39 is 24.0 Å². The van der Waals surface area contributed by atoms with Crippen molar-refractivity contribution in [1.82, 2.24) is 10.2 Å². The zero-order chi connectivity index (χ0) is 12.1. The minimum absolute atomic E-state index is 0.114. The summed E-state index contributed by atoms with van der Waals surface area (Å²) in [5.41, 5.74) is 0. The fourth-order valence-corrected chi connectivity index (χ4v) is 1.53. The first-order chi connectivity index (χ1) is 7.58. The van der Waals surface area contributed by atoms with Crippen molar-refractivity contribution in [3.05, 3.63) is 0 Å². The van der Waals surface area contributed by atoms with Crippen LogP contribution >= 0.6 is 0 Å². The molecule has 0 bridgehead atoms. The highest BCUT2D eigenvalue weighted by Gasteiger charge is 2.35. The second-order valence-electron chi connectivity index (χ2n) is 3.42. The standard InChI is InChI=1S/C8H13N3O5/c9-16-7(14)2-10-8(15)6-1-5(13)3-11(6)4-12/h4-6,13H,1-3,9H2,(H,10,15). The smallest absolute Gasteiger partial charge is 0.343 e. The van der Waals surface area contributed by atoms with E-state index in [2.05, 4.69) is 16.1 Å². The van der Waals surface area contributed by atoms with Gasteiger partial charge in [0.25, 0.3) is 0 Å². The van der Waals surface area contributed by atoms with E-state index in [4.69, 9.17) is 0 Å². The summed E-state index contributed by atoms with van der Waals surface area (Å²) < 4.78 is 0. The SMILES string of the molecule is NOC(=O)CNC(=O)C1CC(O)CN1C=O. The van der Waals surface area contributed by atoms with Gasteiger partial charge in [0.1, 0.15) is 12.6 Å². The molecule has 0 aliphatic carbocycles. The third-order valence-electron chi connectivity index (χ3n) is 2.29. The number of rotatable bonds is 4. The van der Waals surface area contributed by atoms with Gasteiger partial charge in [-0.25, -0.2) is 4.79 Å². The largest absolute Gasteiger partial charge is 0.391 e. The van der Waals surface area contributed by atoms with Crippen molar-refractivity contribution in [1.29, 1.82) is 0 Å². The molecule has 1 fully saturated rings. The average molecular weight is 231 g/mol. The highest BCUT2D eigenvalue weighted by Crippen LogP contribution is 2.15. The zero-order valence-electron chi connectivity index (χ0n) is 8.46. The first-order valence-corrected chi connectivity index (χ1v) is 4.65. The van der Waals surface area contributed by atoms with E-state index >= 15 is 0 Å². The molecule has 0 aromatic heterocycles. The van der Waals surface area contributed by atoms with Crippen molar-refractivity contribution in [2.24, 2.45) is 5.90 Å². The van der Waals surface area contributed by atoms with Gasteiger partial charge in [0, 0.05) is 13.0 Å². The number of amides is 2. The number of hydrogen-bond acceptors (Lipinski definition) is 6. The number of likely N-dealkylation sites (tertiary alicyclic amines) is 1. The van der Waals surface area contributed by atoms with Crippen LogP contribution in [-0.2, 0) is 19.2 Å². The molecule has 1 heterocycles. The Morgan fingerprint density at radius 1 is 1.62 bits per heavy atom. The van der Waals surface area contributed by atoms with E-state index in [0.29, 0.717) is 6.41 Å². The summed E-state index contributed by atoms with van der Waals surface area (Å²) >= 11 is 0. The molecule has 1 rings (SSSR count). The van der Waals surface area contributed by atoms with Gasteiger partial charge in [0.2, 0.25) is 12.3 Å². The van der Waals surface area contributed by atoms with Crippen molar-refractivity contribution < 1.29 is 24.3 Å². The quantitative estimate of drug-likeness (QED) is 0.352. The second-order valence-corrected chi connectivity index (χ2v) is 3.42. The van der Waals surface area contributed by atoms with Gasteiger partial charge in [-0.3, -0.25) is 9.59 Å². The fraction of sp³-hybridized carbons (Fsp3) is 0.625. The predicted molar refractivity (Wildman–Crippen MR) is 50.5 cm³/mol. The van der Waals surface area contributed by atoms with Gasteiger partial charge in [-0.1, -0.05) is 0 Å². The maximum absolute atomic E-state index is 11.5. The molecule has 2 amide bonds. The van der Waals surface area contributed by atoms with Crippen molar-refractivity contribution in [3.8, 4) is 0 Å². The maximum Gasteiger partial charge on any atom is 0.343 e. The molecule has 4 N–H and O–H groups in total. The van der Waals surface area contributed by atoms with Crippen LogP contribution in [0.2, 0.25) is 0 Å². The summed E-state index contributed by atoms with van der Waals surface area (Å²) in [4.78, 5) is 37.8.